The molecule has 220 valence electrons. The molecule has 2 aromatic heterocycles. The molecule has 0 bridgehead atoms. The van der Waals surface area contributed by atoms with E-state index in [0.29, 0.717) is 39.7 Å². The first-order valence-corrected chi connectivity index (χ1v) is 14.5. The number of hydrogen-bond donors (Lipinski definition) is 3. The number of nitrogens with zero attached hydrogens (tertiary/aromatic N) is 4. The zero-order chi connectivity index (χ0) is 30.4. The quantitative estimate of drug-likeness (QED) is 0.196. The van der Waals surface area contributed by atoms with Crippen molar-refractivity contribution in [1.82, 2.24) is 15.0 Å². The van der Waals surface area contributed by atoms with Gasteiger partial charge in [-0.2, -0.15) is 0 Å². The SMILES string of the molecule is COc1cc(Nc2nc3ccccc3nc2NS(=O)(=O)c2cccc(NC(=O)CN(C)c3ccccn3)c2)cc(OC)c1. The van der Waals surface area contributed by atoms with E-state index in [9.17, 15) is 13.2 Å². The summed E-state index contributed by atoms with van der Waals surface area (Å²) in [5.41, 5.74) is 1.91. The van der Waals surface area contributed by atoms with Crippen LogP contribution in [0.15, 0.2) is 96.0 Å². The first-order chi connectivity index (χ1) is 20.7. The van der Waals surface area contributed by atoms with Crippen LogP contribution in [0, 0.1) is 0 Å². The molecular weight excluding hydrogens is 570 g/mol. The van der Waals surface area contributed by atoms with Crippen molar-refractivity contribution in [3.63, 3.8) is 0 Å². The molecule has 0 fully saturated rings. The highest BCUT2D eigenvalue weighted by molar-refractivity contribution is 7.92. The number of ether oxygens (including phenoxy) is 2. The van der Waals surface area contributed by atoms with E-state index >= 15 is 0 Å². The molecular formula is C30H29N7O5S. The molecule has 3 N–H and O–H groups in total. The van der Waals surface area contributed by atoms with Gasteiger partial charge in [0.1, 0.15) is 17.3 Å². The standard InChI is InChI=1S/C30H29N7O5S/c1-37(27-13-6-7-14-31-27)19-28(38)32-20-9-8-10-24(17-20)43(39,40)36-30-29(34-25-11-4-5-12-26(25)35-30)33-21-15-22(41-2)18-23(16-21)42-3/h4-18H,19H2,1-3H3,(H,32,38)(H,33,34)(H,35,36). The van der Waals surface area contributed by atoms with Gasteiger partial charge < -0.3 is 25.0 Å². The van der Waals surface area contributed by atoms with Gasteiger partial charge in [0.25, 0.3) is 10.0 Å². The van der Waals surface area contributed by atoms with Gasteiger partial charge in [-0.15, -0.1) is 0 Å². The molecule has 3 aromatic carbocycles. The Balaban J connectivity index is 1.40. The van der Waals surface area contributed by atoms with Gasteiger partial charge in [0, 0.05) is 42.8 Å². The average molecular weight is 600 g/mol. The van der Waals surface area contributed by atoms with Crippen LogP contribution >= 0.6 is 0 Å². The number of benzene rings is 3. The van der Waals surface area contributed by atoms with Gasteiger partial charge in [0.2, 0.25) is 5.91 Å². The van der Waals surface area contributed by atoms with Gasteiger partial charge in [0.05, 0.1) is 36.7 Å². The Bertz CT molecular complexity index is 1850. The molecule has 0 unspecified atom stereocenters. The van der Waals surface area contributed by atoms with E-state index in [1.54, 1.807) is 78.8 Å². The van der Waals surface area contributed by atoms with Crippen LogP contribution in [0.4, 0.5) is 28.8 Å². The summed E-state index contributed by atoms with van der Waals surface area (Å²) in [4.78, 5) is 27.7. The van der Waals surface area contributed by atoms with E-state index < -0.39 is 10.0 Å². The van der Waals surface area contributed by atoms with Crippen molar-refractivity contribution in [1.29, 1.82) is 0 Å². The topological polar surface area (TPSA) is 148 Å². The Hall–Kier alpha value is -5.43. The summed E-state index contributed by atoms with van der Waals surface area (Å²) in [6.45, 7) is 0.0169. The minimum absolute atomic E-state index is 0.0169. The van der Waals surface area contributed by atoms with Gasteiger partial charge in [-0.3, -0.25) is 9.52 Å². The Morgan fingerprint density at radius 2 is 1.49 bits per heavy atom. The van der Waals surface area contributed by atoms with Gasteiger partial charge in [-0.25, -0.2) is 23.4 Å². The minimum atomic E-state index is -4.16. The molecule has 2 heterocycles. The highest BCUT2D eigenvalue weighted by Crippen LogP contribution is 2.31. The number of amides is 1. The predicted octanol–water partition coefficient (Wildman–Crippen LogP) is 4.66. The number of anilines is 5. The number of sulfonamides is 1. The molecule has 43 heavy (non-hydrogen) atoms. The maximum absolute atomic E-state index is 13.6. The number of fused-ring (bicyclic) bond motifs is 1. The fourth-order valence-electron chi connectivity index (χ4n) is 4.18. The summed E-state index contributed by atoms with van der Waals surface area (Å²) < 4.78 is 40.4. The molecule has 0 saturated heterocycles. The maximum Gasteiger partial charge on any atom is 0.263 e. The third-order valence-electron chi connectivity index (χ3n) is 6.27. The first kappa shape index (κ1) is 29.1. The number of para-hydroxylation sites is 2. The van der Waals surface area contributed by atoms with Crippen molar-refractivity contribution in [2.45, 2.75) is 4.90 Å². The van der Waals surface area contributed by atoms with Crippen molar-refractivity contribution < 1.29 is 22.7 Å². The Labute approximate surface area is 248 Å². The second-order valence-electron chi connectivity index (χ2n) is 9.36. The van der Waals surface area contributed by atoms with Crippen LogP contribution in [-0.2, 0) is 14.8 Å². The van der Waals surface area contributed by atoms with Crippen molar-refractivity contribution in [2.75, 3.05) is 48.1 Å². The molecule has 0 radical (unpaired) electrons. The molecule has 12 nitrogen and oxygen atoms in total. The summed E-state index contributed by atoms with van der Waals surface area (Å²) in [6.07, 6.45) is 1.64. The lowest BCUT2D eigenvalue weighted by molar-refractivity contribution is -0.114. The molecule has 0 aliphatic heterocycles. The molecule has 0 saturated carbocycles. The number of nitrogens with one attached hydrogen (secondary N) is 3. The Morgan fingerprint density at radius 1 is 0.814 bits per heavy atom. The summed E-state index contributed by atoms with van der Waals surface area (Å²) in [7, 11) is 0.642. The van der Waals surface area contributed by atoms with E-state index in [1.807, 2.05) is 12.1 Å². The fourth-order valence-corrected chi connectivity index (χ4v) is 5.23. The number of carbonyl (C=O) groups is 1. The van der Waals surface area contributed by atoms with Crippen molar-refractivity contribution >= 4 is 55.8 Å². The molecule has 0 spiro atoms. The molecule has 13 heteroatoms. The first-order valence-electron chi connectivity index (χ1n) is 13.1. The van der Waals surface area contributed by atoms with Crippen LogP contribution in [0.5, 0.6) is 11.5 Å². The lowest BCUT2D eigenvalue weighted by Crippen LogP contribution is -2.30. The smallest absolute Gasteiger partial charge is 0.263 e. The summed E-state index contributed by atoms with van der Waals surface area (Å²) in [6, 6.07) is 23.6. The van der Waals surface area contributed by atoms with Crippen LogP contribution in [0.25, 0.3) is 11.0 Å². The van der Waals surface area contributed by atoms with Gasteiger partial charge in [-0.1, -0.05) is 24.3 Å². The summed E-state index contributed by atoms with van der Waals surface area (Å²) in [5.74, 6) is 1.50. The third-order valence-corrected chi connectivity index (χ3v) is 7.60. The predicted molar refractivity (Wildman–Crippen MR) is 166 cm³/mol. The molecule has 0 aliphatic rings. The Kier molecular flexibility index (Phi) is 8.53. The zero-order valence-electron chi connectivity index (χ0n) is 23.6. The highest BCUT2D eigenvalue weighted by atomic mass is 32.2. The molecule has 5 aromatic rings. The molecule has 5 rings (SSSR count). The second kappa shape index (κ2) is 12.6. The second-order valence-corrected chi connectivity index (χ2v) is 11.0. The van der Waals surface area contributed by atoms with E-state index in [4.69, 9.17) is 9.47 Å². The number of aromatic nitrogens is 3. The number of rotatable bonds is 11. The van der Waals surface area contributed by atoms with Crippen LogP contribution in [0.2, 0.25) is 0 Å². The minimum Gasteiger partial charge on any atom is -0.497 e. The third kappa shape index (κ3) is 7.08. The molecule has 0 aliphatic carbocycles. The van der Waals surface area contributed by atoms with Crippen molar-refractivity contribution in [3.05, 3.63) is 91.1 Å². The Morgan fingerprint density at radius 3 is 2.14 bits per heavy atom. The maximum atomic E-state index is 13.6. The number of methoxy groups -OCH3 is 2. The summed E-state index contributed by atoms with van der Waals surface area (Å²) >= 11 is 0. The lowest BCUT2D eigenvalue weighted by Gasteiger charge is -2.17. The van der Waals surface area contributed by atoms with E-state index in [-0.39, 0.29) is 29.0 Å². The zero-order valence-corrected chi connectivity index (χ0v) is 24.4. The molecule has 1 amide bonds. The molecule has 0 atom stereocenters. The average Bonchev–Trinajstić information content (AvgIpc) is 3.01. The highest BCUT2D eigenvalue weighted by Gasteiger charge is 2.20. The monoisotopic (exact) mass is 599 g/mol. The van der Waals surface area contributed by atoms with E-state index in [0.717, 1.165) is 0 Å². The number of pyridine rings is 1. The van der Waals surface area contributed by atoms with Gasteiger partial charge in [0.15, 0.2) is 11.6 Å². The van der Waals surface area contributed by atoms with Gasteiger partial charge >= 0.3 is 0 Å². The number of carbonyl (C=O) groups excluding carboxylic acids is 1. The van der Waals surface area contributed by atoms with Gasteiger partial charge in [-0.05, 0) is 42.5 Å². The van der Waals surface area contributed by atoms with Crippen LogP contribution in [0.1, 0.15) is 0 Å². The number of likely N-dealkylation sites (N-methyl/N-ethyl adjacent to an activating group) is 1. The fraction of sp³-hybridized carbons (Fsp3) is 0.133. The van der Waals surface area contributed by atoms with Crippen molar-refractivity contribution in [3.8, 4) is 11.5 Å². The van der Waals surface area contributed by atoms with Crippen LogP contribution in [0.3, 0.4) is 0 Å². The largest absolute Gasteiger partial charge is 0.497 e. The van der Waals surface area contributed by atoms with Crippen molar-refractivity contribution in [2.24, 2.45) is 0 Å². The summed E-state index contributed by atoms with van der Waals surface area (Å²) in [5, 5.41) is 5.87. The van der Waals surface area contributed by atoms with Crippen LogP contribution in [-0.4, -0.2) is 57.1 Å². The number of hydrogen-bond acceptors (Lipinski definition) is 10. The van der Waals surface area contributed by atoms with E-state index in [2.05, 4.69) is 30.3 Å². The normalized spacial score (nSPS) is 11.0. The lowest BCUT2D eigenvalue weighted by atomic mass is 10.2. The van der Waals surface area contributed by atoms with Crippen LogP contribution < -0.4 is 29.7 Å². The van der Waals surface area contributed by atoms with E-state index in [1.165, 1.54) is 26.4 Å².